The van der Waals surface area contributed by atoms with Gasteiger partial charge in [-0.25, -0.2) is 4.98 Å². The van der Waals surface area contributed by atoms with Crippen molar-refractivity contribution in [2.24, 2.45) is 0 Å². The number of rotatable bonds is 11. The molecule has 0 aliphatic heterocycles. The molecule has 0 unspecified atom stereocenters. The van der Waals surface area contributed by atoms with Crippen LogP contribution in [-0.2, 0) is 16.1 Å². The maximum absolute atomic E-state index is 12.5. The SMILES string of the molecule is CC(C)(C)OC(=O)Cn1c(SCCC[NH2+]CC(c2ccccc2)c2ccccc2)nc2ccccc21.[Cl-]. The van der Waals surface area contributed by atoms with Gasteiger partial charge in [-0.3, -0.25) is 4.79 Å². The van der Waals surface area contributed by atoms with Gasteiger partial charge in [0, 0.05) is 12.2 Å². The molecular formula is C30H36ClN3O2S. The highest BCUT2D eigenvalue weighted by Crippen LogP contribution is 2.25. The van der Waals surface area contributed by atoms with E-state index in [1.807, 2.05) is 49.6 Å². The molecule has 0 radical (unpaired) electrons. The molecule has 1 aromatic heterocycles. The van der Waals surface area contributed by atoms with Crippen LogP contribution in [0, 0.1) is 0 Å². The van der Waals surface area contributed by atoms with Crippen LogP contribution in [0.25, 0.3) is 11.0 Å². The van der Waals surface area contributed by atoms with Crippen molar-refractivity contribution in [1.29, 1.82) is 0 Å². The van der Waals surface area contributed by atoms with Gasteiger partial charge in [0.25, 0.3) is 0 Å². The number of hydrogen-bond donors (Lipinski definition) is 1. The number of ether oxygens (including phenoxy) is 1. The summed E-state index contributed by atoms with van der Waals surface area (Å²) in [5.74, 6) is 1.07. The van der Waals surface area contributed by atoms with E-state index in [4.69, 9.17) is 9.72 Å². The number of aromatic nitrogens is 2. The average molecular weight is 538 g/mol. The molecule has 3 aromatic carbocycles. The zero-order valence-electron chi connectivity index (χ0n) is 21.8. The van der Waals surface area contributed by atoms with E-state index in [1.54, 1.807) is 11.8 Å². The minimum absolute atomic E-state index is 0. The summed E-state index contributed by atoms with van der Waals surface area (Å²) in [5.41, 5.74) is 4.07. The van der Waals surface area contributed by atoms with Gasteiger partial charge in [-0.1, -0.05) is 84.6 Å². The molecule has 0 aliphatic carbocycles. The summed E-state index contributed by atoms with van der Waals surface area (Å²) in [6, 6.07) is 29.4. The van der Waals surface area contributed by atoms with E-state index in [0.717, 1.165) is 41.5 Å². The highest BCUT2D eigenvalue weighted by atomic mass is 35.5. The van der Waals surface area contributed by atoms with Gasteiger partial charge in [-0.2, -0.15) is 0 Å². The molecule has 196 valence electrons. The van der Waals surface area contributed by atoms with Crippen LogP contribution in [0.4, 0.5) is 0 Å². The molecule has 0 aliphatic rings. The second kappa shape index (κ2) is 13.7. The van der Waals surface area contributed by atoms with Gasteiger partial charge in [0.1, 0.15) is 12.1 Å². The van der Waals surface area contributed by atoms with E-state index in [1.165, 1.54) is 11.1 Å². The maximum atomic E-state index is 12.5. The molecule has 1 heterocycles. The fraction of sp³-hybridized carbons (Fsp3) is 0.333. The molecule has 2 N–H and O–H groups in total. The number of carbonyl (C=O) groups excluding carboxylic acids is 1. The fourth-order valence-corrected chi connectivity index (χ4v) is 5.31. The predicted molar refractivity (Wildman–Crippen MR) is 147 cm³/mol. The van der Waals surface area contributed by atoms with Crippen molar-refractivity contribution < 1.29 is 27.3 Å². The minimum atomic E-state index is -0.506. The zero-order valence-corrected chi connectivity index (χ0v) is 23.3. The van der Waals surface area contributed by atoms with E-state index in [-0.39, 0.29) is 24.9 Å². The van der Waals surface area contributed by atoms with E-state index in [9.17, 15) is 4.79 Å². The number of para-hydroxylation sites is 2. The Morgan fingerprint density at radius 1 is 0.946 bits per heavy atom. The van der Waals surface area contributed by atoms with Gasteiger partial charge in [0.05, 0.1) is 30.0 Å². The molecule has 5 nitrogen and oxygen atoms in total. The number of fused-ring (bicyclic) bond motifs is 1. The molecule has 0 amide bonds. The first-order chi connectivity index (χ1) is 17.4. The smallest absolute Gasteiger partial charge is 0.326 e. The second-order valence-electron chi connectivity index (χ2n) is 9.94. The van der Waals surface area contributed by atoms with Crippen molar-refractivity contribution in [3.63, 3.8) is 0 Å². The van der Waals surface area contributed by atoms with E-state index < -0.39 is 5.60 Å². The molecule has 0 saturated carbocycles. The lowest BCUT2D eigenvalue weighted by molar-refractivity contribution is -0.655. The monoisotopic (exact) mass is 537 g/mol. The predicted octanol–water partition coefficient (Wildman–Crippen LogP) is 2.26. The van der Waals surface area contributed by atoms with Crippen molar-refractivity contribution in [3.8, 4) is 0 Å². The van der Waals surface area contributed by atoms with Crippen LogP contribution in [0.2, 0.25) is 0 Å². The molecule has 0 fully saturated rings. The number of halogens is 1. The number of quaternary nitrogens is 1. The summed E-state index contributed by atoms with van der Waals surface area (Å²) < 4.78 is 7.55. The normalized spacial score (nSPS) is 11.5. The van der Waals surface area contributed by atoms with Crippen LogP contribution < -0.4 is 17.7 Å². The first-order valence-electron chi connectivity index (χ1n) is 12.6. The van der Waals surface area contributed by atoms with Gasteiger partial charge < -0.3 is 27.0 Å². The summed E-state index contributed by atoms with van der Waals surface area (Å²) in [6.45, 7) is 7.89. The Labute approximate surface area is 230 Å². The second-order valence-corrected chi connectivity index (χ2v) is 11.0. The van der Waals surface area contributed by atoms with Gasteiger partial charge in [0.2, 0.25) is 0 Å². The Morgan fingerprint density at radius 3 is 2.16 bits per heavy atom. The van der Waals surface area contributed by atoms with Crippen LogP contribution in [0.3, 0.4) is 0 Å². The number of benzene rings is 3. The summed E-state index contributed by atoms with van der Waals surface area (Å²) in [7, 11) is 0. The highest BCUT2D eigenvalue weighted by Gasteiger charge is 2.20. The topological polar surface area (TPSA) is 60.7 Å². The van der Waals surface area contributed by atoms with Crippen molar-refractivity contribution in [3.05, 3.63) is 96.1 Å². The molecule has 0 atom stereocenters. The number of nitrogens with two attached hydrogens (primary N) is 1. The third kappa shape index (κ3) is 8.35. The summed E-state index contributed by atoms with van der Waals surface area (Å²) in [4.78, 5) is 17.3. The van der Waals surface area contributed by atoms with Gasteiger partial charge in [-0.05, 0) is 44.0 Å². The van der Waals surface area contributed by atoms with Crippen molar-refractivity contribution >= 4 is 28.8 Å². The van der Waals surface area contributed by atoms with Gasteiger partial charge >= 0.3 is 5.97 Å². The first kappa shape index (κ1) is 28.8. The Hall–Kier alpha value is -2.80. The first-order valence-corrected chi connectivity index (χ1v) is 13.6. The van der Waals surface area contributed by atoms with Gasteiger partial charge in [-0.15, -0.1) is 0 Å². The number of carbonyl (C=O) groups is 1. The molecule has 4 rings (SSSR count). The van der Waals surface area contributed by atoms with Gasteiger partial charge in [0.15, 0.2) is 5.16 Å². The molecule has 7 heteroatoms. The number of nitrogens with zero attached hydrogens (tertiary/aromatic N) is 2. The molecular weight excluding hydrogens is 502 g/mol. The molecule has 4 aromatic rings. The number of hydrogen-bond acceptors (Lipinski definition) is 4. The zero-order chi connectivity index (χ0) is 25.4. The third-order valence-corrected chi connectivity index (χ3v) is 6.98. The number of imidazole rings is 1. The van der Waals surface area contributed by atoms with Crippen LogP contribution in [0.15, 0.2) is 90.1 Å². The summed E-state index contributed by atoms with van der Waals surface area (Å²) in [5, 5.41) is 3.28. The Morgan fingerprint density at radius 2 is 1.54 bits per heavy atom. The van der Waals surface area contributed by atoms with E-state index in [0.29, 0.717) is 5.92 Å². The standard InChI is InChI=1S/C30H35N3O2S.ClH/c1-30(2,3)35-28(34)22-33-27-18-11-10-17-26(27)32-29(33)36-20-12-19-31-21-25(23-13-6-4-7-14-23)24-15-8-5-9-16-24;/h4-11,13-18,25,31H,12,19-22H2,1-3H3;1H. The molecule has 0 saturated heterocycles. The van der Waals surface area contributed by atoms with Crippen molar-refractivity contribution in [2.75, 3.05) is 18.8 Å². The molecule has 0 spiro atoms. The molecule has 37 heavy (non-hydrogen) atoms. The average Bonchev–Trinajstić information content (AvgIpc) is 3.20. The summed E-state index contributed by atoms with van der Waals surface area (Å²) in [6.07, 6.45) is 1.05. The molecule has 0 bridgehead atoms. The third-order valence-electron chi connectivity index (χ3n) is 5.92. The lowest BCUT2D eigenvalue weighted by Crippen LogP contribution is -3.00. The van der Waals surface area contributed by atoms with Crippen LogP contribution in [0.1, 0.15) is 44.2 Å². The summed E-state index contributed by atoms with van der Waals surface area (Å²) >= 11 is 1.71. The van der Waals surface area contributed by atoms with Crippen LogP contribution in [0.5, 0.6) is 0 Å². The van der Waals surface area contributed by atoms with E-state index >= 15 is 0 Å². The highest BCUT2D eigenvalue weighted by molar-refractivity contribution is 7.99. The number of thioether (sulfide) groups is 1. The Bertz CT molecular complexity index is 1220. The van der Waals surface area contributed by atoms with E-state index in [2.05, 4.69) is 66.0 Å². The Kier molecular flexibility index (Phi) is 10.6. The maximum Gasteiger partial charge on any atom is 0.326 e. The van der Waals surface area contributed by atoms with Crippen LogP contribution in [-0.4, -0.2) is 40.0 Å². The lowest BCUT2D eigenvalue weighted by Gasteiger charge is -2.20. The fourth-order valence-electron chi connectivity index (χ4n) is 4.33. The Balaban J connectivity index is 0.00000380. The largest absolute Gasteiger partial charge is 1.00 e. The minimum Gasteiger partial charge on any atom is -1.00 e. The number of esters is 1. The lowest BCUT2D eigenvalue weighted by atomic mass is 9.91. The van der Waals surface area contributed by atoms with Crippen LogP contribution >= 0.6 is 11.8 Å². The van der Waals surface area contributed by atoms with Crippen molar-refractivity contribution in [1.82, 2.24) is 9.55 Å². The quantitative estimate of drug-likeness (QED) is 0.181. The van der Waals surface area contributed by atoms with Crippen molar-refractivity contribution in [2.45, 2.75) is 50.4 Å².